The Morgan fingerprint density at radius 3 is 2.69 bits per heavy atom. The quantitative estimate of drug-likeness (QED) is 0.569. The van der Waals surface area contributed by atoms with Crippen molar-refractivity contribution >= 4 is 17.3 Å². The minimum atomic E-state index is -0.352. The molecular formula is C20H17FN4O. The second-order valence-corrected chi connectivity index (χ2v) is 5.72. The lowest BCUT2D eigenvalue weighted by Crippen LogP contribution is -1.99. The third-order valence-corrected chi connectivity index (χ3v) is 3.93. The highest BCUT2D eigenvalue weighted by atomic mass is 19.1. The van der Waals surface area contributed by atoms with Crippen LogP contribution >= 0.6 is 0 Å². The maximum absolute atomic E-state index is 13.4. The third-order valence-electron chi connectivity index (χ3n) is 3.93. The zero-order valence-corrected chi connectivity index (χ0v) is 14.2. The van der Waals surface area contributed by atoms with Crippen LogP contribution in [0.3, 0.4) is 0 Å². The molecule has 4 rings (SSSR count). The van der Waals surface area contributed by atoms with Crippen LogP contribution in [0.25, 0.3) is 16.8 Å². The first kappa shape index (κ1) is 16.1. The average Bonchev–Trinajstić information content (AvgIpc) is 3.06. The Balaban J connectivity index is 1.66. The summed E-state index contributed by atoms with van der Waals surface area (Å²) < 4.78 is 20.6. The second-order valence-electron chi connectivity index (χ2n) is 5.72. The largest absolute Gasteiger partial charge is 0.492 e. The van der Waals surface area contributed by atoms with Gasteiger partial charge in [0.25, 0.3) is 0 Å². The van der Waals surface area contributed by atoms with Gasteiger partial charge in [-0.05, 0) is 36.8 Å². The van der Waals surface area contributed by atoms with Gasteiger partial charge in [0.05, 0.1) is 12.3 Å². The number of aromatic nitrogens is 3. The minimum absolute atomic E-state index is 0.352. The van der Waals surface area contributed by atoms with E-state index in [1.54, 1.807) is 10.6 Å². The smallest absolute Gasteiger partial charge is 0.247 e. The number of ether oxygens (including phenoxy) is 1. The lowest BCUT2D eigenvalue weighted by atomic mass is 10.1. The molecule has 0 saturated heterocycles. The molecule has 2 aromatic heterocycles. The maximum Gasteiger partial charge on any atom is 0.247 e. The Kier molecular flexibility index (Phi) is 4.23. The van der Waals surface area contributed by atoms with Crippen molar-refractivity contribution in [2.45, 2.75) is 6.92 Å². The molecule has 0 bridgehead atoms. The molecule has 0 unspecified atom stereocenters. The molecular weight excluding hydrogens is 331 g/mol. The van der Waals surface area contributed by atoms with E-state index in [0.29, 0.717) is 29.6 Å². The topological polar surface area (TPSA) is 51.5 Å². The van der Waals surface area contributed by atoms with E-state index in [1.165, 1.54) is 12.1 Å². The molecule has 4 aromatic rings. The molecule has 0 saturated carbocycles. The first-order chi connectivity index (χ1) is 12.7. The maximum atomic E-state index is 13.4. The Morgan fingerprint density at radius 1 is 1.04 bits per heavy atom. The molecule has 0 fully saturated rings. The van der Waals surface area contributed by atoms with E-state index in [9.17, 15) is 4.39 Å². The van der Waals surface area contributed by atoms with Crippen LogP contribution in [-0.2, 0) is 0 Å². The first-order valence-electron chi connectivity index (χ1n) is 8.34. The van der Waals surface area contributed by atoms with Crippen molar-refractivity contribution in [3.8, 4) is 16.9 Å². The lowest BCUT2D eigenvalue weighted by Gasteiger charge is -2.09. The van der Waals surface area contributed by atoms with Crippen molar-refractivity contribution in [1.29, 1.82) is 0 Å². The second kappa shape index (κ2) is 6.84. The van der Waals surface area contributed by atoms with Gasteiger partial charge in [-0.25, -0.2) is 8.91 Å². The Labute approximate surface area is 150 Å². The molecule has 2 aromatic carbocycles. The number of nitrogens with one attached hydrogen (secondary N) is 1. The standard InChI is InChI=1S/C20H17FN4O/c1-2-26-18-12-16(21)9-10-17(18)22-20-23-19-11-8-15(13-25(19)24-20)14-6-4-3-5-7-14/h3-13H,2H2,1H3,(H,22,24). The van der Waals surface area contributed by atoms with E-state index in [1.807, 2.05) is 55.6 Å². The Bertz CT molecular complexity index is 1050. The Morgan fingerprint density at radius 2 is 1.88 bits per heavy atom. The predicted molar refractivity (Wildman–Crippen MR) is 99.3 cm³/mol. The molecule has 0 atom stereocenters. The highest BCUT2D eigenvalue weighted by molar-refractivity contribution is 5.66. The van der Waals surface area contributed by atoms with Crippen LogP contribution in [0, 0.1) is 5.82 Å². The van der Waals surface area contributed by atoms with Crippen LogP contribution in [-0.4, -0.2) is 21.2 Å². The van der Waals surface area contributed by atoms with Crippen molar-refractivity contribution in [1.82, 2.24) is 14.6 Å². The summed E-state index contributed by atoms with van der Waals surface area (Å²) in [6.07, 6.45) is 1.93. The van der Waals surface area contributed by atoms with Crippen LogP contribution in [0.5, 0.6) is 5.75 Å². The van der Waals surface area contributed by atoms with Gasteiger partial charge in [0, 0.05) is 17.8 Å². The molecule has 6 heteroatoms. The zero-order valence-electron chi connectivity index (χ0n) is 14.2. The van der Waals surface area contributed by atoms with Crippen molar-refractivity contribution in [3.63, 3.8) is 0 Å². The van der Waals surface area contributed by atoms with Gasteiger partial charge in [0.1, 0.15) is 11.6 Å². The molecule has 0 aliphatic rings. The van der Waals surface area contributed by atoms with E-state index < -0.39 is 0 Å². The van der Waals surface area contributed by atoms with Crippen molar-refractivity contribution in [2.24, 2.45) is 0 Å². The number of pyridine rings is 1. The summed E-state index contributed by atoms with van der Waals surface area (Å²) in [6.45, 7) is 2.29. The SMILES string of the molecule is CCOc1cc(F)ccc1Nc1nc2ccc(-c3ccccc3)cn2n1. The molecule has 130 valence electrons. The number of hydrogen-bond donors (Lipinski definition) is 1. The van der Waals surface area contributed by atoms with Gasteiger partial charge >= 0.3 is 0 Å². The molecule has 0 aliphatic carbocycles. The monoisotopic (exact) mass is 348 g/mol. The van der Waals surface area contributed by atoms with Gasteiger partial charge in [-0.1, -0.05) is 30.3 Å². The molecule has 0 aliphatic heterocycles. The number of benzene rings is 2. The van der Waals surface area contributed by atoms with E-state index in [2.05, 4.69) is 15.4 Å². The summed E-state index contributed by atoms with van der Waals surface area (Å²) in [5.74, 6) is 0.494. The van der Waals surface area contributed by atoms with Crippen LogP contribution in [0.15, 0.2) is 66.9 Å². The number of hydrogen-bond acceptors (Lipinski definition) is 4. The van der Waals surface area contributed by atoms with Gasteiger partial charge in [-0.2, -0.15) is 4.98 Å². The van der Waals surface area contributed by atoms with E-state index in [4.69, 9.17) is 4.74 Å². The number of rotatable bonds is 5. The van der Waals surface area contributed by atoms with Crippen LogP contribution in [0.1, 0.15) is 6.92 Å². The Hall–Kier alpha value is -3.41. The van der Waals surface area contributed by atoms with E-state index in [-0.39, 0.29) is 5.82 Å². The van der Waals surface area contributed by atoms with Gasteiger partial charge in [0.15, 0.2) is 5.65 Å². The molecule has 26 heavy (non-hydrogen) atoms. The van der Waals surface area contributed by atoms with E-state index in [0.717, 1.165) is 11.1 Å². The molecule has 0 spiro atoms. The summed E-state index contributed by atoms with van der Waals surface area (Å²) in [6, 6.07) is 18.3. The van der Waals surface area contributed by atoms with Crippen molar-refractivity contribution in [3.05, 3.63) is 72.7 Å². The molecule has 0 amide bonds. The number of nitrogens with zero attached hydrogens (tertiary/aromatic N) is 3. The van der Waals surface area contributed by atoms with Crippen LogP contribution in [0.2, 0.25) is 0 Å². The summed E-state index contributed by atoms with van der Waals surface area (Å²) in [5, 5.41) is 7.56. The van der Waals surface area contributed by atoms with Gasteiger partial charge < -0.3 is 10.1 Å². The lowest BCUT2D eigenvalue weighted by molar-refractivity contribution is 0.340. The number of halogens is 1. The summed E-state index contributed by atoms with van der Waals surface area (Å²) >= 11 is 0. The van der Waals surface area contributed by atoms with Crippen LogP contribution < -0.4 is 10.1 Å². The van der Waals surface area contributed by atoms with Crippen molar-refractivity contribution in [2.75, 3.05) is 11.9 Å². The fraction of sp³-hybridized carbons (Fsp3) is 0.100. The average molecular weight is 348 g/mol. The summed E-state index contributed by atoms with van der Waals surface area (Å²) in [7, 11) is 0. The zero-order chi connectivity index (χ0) is 17.9. The van der Waals surface area contributed by atoms with E-state index >= 15 is 0 Å². The van der Waals surface area contributed by atoms with Gasteiger partial charge in [0.2, 0.25) is 5.95 Å². The van der Waals surface area contributed by atoms with Crippen molar-refractivity contribution < 1.29 is 9.13 Å². The molecule has 0 radical (unpaired) electrons. The highest BCUT2D eigenvalue weighted by Crippen LogP contribution is 2.28. The fourth-order valence-corrected chi connectivity index (χ4v) is 2.73. The fourth-order valence-electron chi connectivity index (χ4n) is 2.73. The summed E-state index contributed by atoms with van der Waals surface area (Å²) in [4.78, 5) is 4.46. The molecule has 1 N–H and O–H groups in total. The molecule has 2 heterocycles. The summed E-state index contributed by atoms with van der Waals surface area (Å²) in [5.41, 5.74) is 3.49. The van der Waals surface area contributed by atoms with Gasteiger partial charge in [-0.15, -0.1) is 5.10 Å². The third kappa shape index (κ3) is 3.21. The molecule has 5 nitrogen and oxygen atoms in total. The van der Waals surface area contributed by atoms with Crippen LogP contribution in [0.4, 0.5) is 16.0 Å². The number of anilines is 2. The normalized spacial score (nSPS) is 10.8. The predicted octanol–water partition coefficient (Wildman–Crippen LogP) is 4.68. The minimum Gasteiger partial charge on any atom is -0.492 e. The first-order valence-corrected chi connectivity index (χ1v) is 8.34. The highest BCUT2D eigenvalue weighted by Gasteiger charge is 2.10. The van der Waals surface area contributed by atoms with Gasteiger partial charge in [-0.3, -0.25) is 0 Å². The number of fused-ring (bicyclic) bond motifs is 1.